The number of amides is 2. The number of primary amides is 1. The number of aryl methyl sites for hydroxylation is 1. The Kier molecular flexibility index (Phi) is 7.66. The maximum absolute atomic E-state index is 11.9. The molecule has 0 bridgehead atoms. The van der Waals surface area contributed by atoms with Crippen LogP contribution in [0.4, 0.5) is 0 Å². The van der Waals surface area contributed by atoms with Gasteiger partial charge in [-0.2, -0.15) is 0 Å². The lowest BCUT2D eigenvalue weighted by molar-refractivity contribution is -0.121. The fourth-order valence-corrected chi connectivity index (χ4v) is 2.91. The van der Waals surface area contributed by atoms with E-state index in [0.717, 1.165) is 22.2 Å². The van der Waals surface area contributed by atoms with E-state index in [9.17, 15) is 9.59 Å². The first kappa shape index (κ1) is 20.0. The Morgan fingerprint density at radius 1 is 1.12 bits per heavy atom. The topological polar surface area (TPSA) is 81.4 Å². The van der Waals surface area contributed by atoms with Crippen LogP contribution >= 0.6 is 15.9 Å². The lowest BCUT2D eigenvalue weighted by Gasteiger charge is -2.10. The summed E-state index contributed by atoms with van der Waals surface area (Å²) in [5.74, 6) is 0.293. The minimum Gasteiger partial charge on any atom is -0.492 e. The zero-order valence-electron chi connectivity index (χ0n) is 14.8. The summed E-state index contributed by atoms with van der Waals surface area (Å²) in [6.45, 7) is 3.00. The van der Waals surface area contributed by atoms with Gasteiger partial charge in [0.15, 0.2) is 0 Å². The molecule has 0 aliphatic heterocycles. The molecular weight excluding hydrogens is 396 g/mol. The molecule has 0 radical (unpaired) electrons. The molecule has 5 nitrogen and oxygen atoms in total. The van der Waals surface area contributed by atoms with Crippen LogP contribution in [0.2, 0.25) is 0 Å². The number of benzene rings is 2. The van der Waals surface area contributed by atoms with Gasteiger partial charge in [-0.25, -0.2) is 0 Å². The summed E-state index contributed by atoms with van der Waals surface area (Å²) >= 11 is 3.50. The monoisotopic (exact) mass is 418 g/mol. The van der Waals surface area contributed by atoms with Crippen molar-refractivity contribution >= 4 is 27.7 Å². The smallest absolute Gasteiger partial charge is 0.248 e. The molecule has 0 heterocycles. The second-order valence-electron chi connectivity index (χ2n) is 5.91. The van der Waals surface area contributed by atoms with Gasteiger partial charge in [0, 0.05) is 18.5 Å². The SMILES string of the molecule is CCc1ccc(OCCCC(=O)NCc2ccc(C(N)=O)cc2)c(Br)c1. The summed E-state index contributed by atoms with van der Waals surface area (Å²) in [4.78, 5) is 22.9. The Morgan fingerprint density at radius 2 is 1.81 bits per heavy atom. The van der Waals surface area contributed by atoms with Crippen molar-refractivity contribution in [1.82, 2.24) is 5.32 Å². The number of halogens is 1. The summed E-state index contributed by atoms with van der Waals surface area (Å²) in [5.41, 5.74) is 7.81. The predicted octanol–water partition coefficient (Wildman–Crippen LogP) is 3.59. The summed E-state index contributed by atoms with van der Waals surface area (Å²) < 4.78 is 6.65. The standard InChI is InChI=1S/C20H23BrN2O3/c1-2-14-7-10-18(17(21)12-14)26-11-3-4-19(24)23-13-15-5-8-16(9-6-15)20(22)25/h5-10,12H,2-4,11,13H2,1H3,(H2,22,25)(H,23,24). The highest BCUT2D eigenvalue weighted by atomic mass is 79.9. The van der Waals surface area contributed by atoms with Crippen molar-refractivity contribution in [3.8, 4) is 5.75 Å². The zero-order chi connectivity index (χ0) is 18.9. The maximum Gasteiger partial charge on any atom is 0.248 e. The van der Waals surface area contributed by atoms with Crippen molar-refractivity contribution in [2.75, 3.05) is 6.61 Å². The quantitative estimate of drug-likeness (QED) is 0.610. The largest absolute Gasteiger partial charge is 0.492 e. The van der Waals surface area contributed by atoms with Crippen LogP contribution in [-0.2, 0) is 17.8 Å². The fourth-order valence-electron chi connectivity index (χ4n) is 2.37. The average Bonchev–Trinajstić information content (AvgIpc) is 2.64. The van der Waals surface area contributed by atoms with E-state index >= 15 is 0 Å². The lowest BCUT2D eigenvalue weighted by Crippen LogP contribution is -2.23. The van der Waals surface area contributed by atoms with Gasteiger partial charge in [-0.1, -0.05) is 25.1 Å². The molecule has 3 N–H and O–H groups in total. The normalized spacial score (nSPS) is 10.4. The summed E-state index contributed by atoms with van der Waals surface area (Å²) in [6, 6.07) is 12.9. The molecular formula is C20H23BrN2O3. The van der Waals surface area contributed by atoms with Crippen LogP contribution in [0.5, 0.6) is 5.75 Å². The molecule has 2 aromatic carbocycles. The van der Waals surface area contributed by atoms with Crippen LogP contribution < -0.4 is 15.8 Å². The van der Waals surface area contributed by atoms with Crippen LogP contribution in [0.3, 0.4) is 0 Å². The highest BCUT2D eigenvalue weighted by molar-refractivity contribution is 9.10. The number of rotatable bonds is 9. The lowest BCUT2D eigenvalue weighted by atomic mass is 10.1. The molecule has 2 amide bonds. The van der Waals surface area contributed by atoms with Gasteiger partial charge in [0.25, 0.3) is 0 Å². The Labute approximate surface area is 162 Å². The number of carbonyl (C=O) groups is 2. The third-order valence-corrected chi connectivity index (χ3v) is 4.56. The molecule has 26 heavy (non-hydrogen) atoms. The molecule has 0 saturated heterocycles. The third kappa shape index (κ3) is 6.19. The van der Waals surface area contributed by atoms with Gasteiger partial charge in [0.05, 0.1) is 11.1 Å². The maximum atomic E-state index is 11.9. The highest BCUT2D eigenvalue weighted by Gasteiger charge is 2.05. The number of carbonyl (C=O) groups excluding carboxylic acids is 2. The molecule has 0 aromatic heterocycles. The van der Waals surface area contributed by atoms with Crippen LogP contribution in [0.25, 0.3) is 0 Å². The van der Waals surface area contributed by atoms with Gasteiger partial charge in [-0.15, -0.1) is 0 Å². The Bertz CT molecular complexity index is 760. The van der Waals surface area contributed by atoms with Gasteiger partial charge in [0.2, 0.25) is 11.8 Å². The van der Waals surface area contributed by atoms with E-state index in [1.54, 1.807) is 24.3 Å². The average molecular weight is 419 g/mol. The Hall–Kier alpha value is -2.34. The minimum atomic E-state index is -0.462. The molecule has 138 valence electrons. The first-order chi connectivity index (χ1) is 12.5. The Balaban J connectivity index is 1.68. The number of hydrogen-bond donors (Lipinski definition) is 2. The van der Waals surface area contributed by atoms with Gasteiger partial charge < -0.3 is 15.8 Å². The second kappa shape index (κ2) is 9.97. The van der Waals surface area contributed by atoms with Crippen LogP contribution in [0.15, 0.2) is 46.9 Å². The molecule has 0 saturated carbocycles. The summed E-state index contributed by atoms with van der Waals surface area (Å²) in [6.07, 6.45) is 2.00. The highest BCUT2D eigenvalue weighted by Crippen LogP contribution is 2.26. The molecule has 0 spiro atoms. The number of nitrogens with one attached hydrogen (secondary N) is 1. The Morgan fingerprint density at radius 3 is 2.42 bits per heavy atom. The first-order valence-electron chi connectivity index (χ1n) is 8.56. The van der Waals surface area contributed by atoms with Crippen LogP contribution in [0.1, 0.15) is 41.3 Å². The number of hydrogen-bond acceptors (Lipinski definition) is 3. The molecule has 0 unspecified atom stereocenters. The summed E-state index contributed by atoms with van der Waals surface area (Å²) in [7, 11) is 0. The van der Waals surface area contributed by atoms with E-state index in [2.05, 4.69) is 28.2 Å². The van der Waals surface area contributed by atoms with E-state index in [1.165, 1.54) is 5.56 Å². The summed E-state index contributed by atoms with van der Waals surface area (Å²) in [5, 5.41) is 2.85. The fraction of sp³-hybridized carbons (Fsp3) is 0.300. The van der Waals surface area contributed by atoms with E-state index < -0.39 is 5.91 Å². The first-order valence-corrected chi connectivity index (χ1v) is 9.35. The van der Waals surface area contributed by atoms with E-state index in [0.29, 0.717) is 31.6 Å². The van der Waals surface area contributed by atoms with Crippen molar-refractivity contribution in [3.05, 3.63) is 63.6 Å². The molecule has 0 aliphatic rings. The van der Waals surface area contributed by atoms with E-state index in [1.807, 2.05) is 18.2 Å². The van der Waals surface area contributed by atoms with E-state index in [-0.39, 0.29) is 5.91 Å². The van der Waals surface area contributed by atoms with Crippen molar-refractivity contribution in [2.24, 2.45) is 5.73 Å². The molecule has 0 fully saturated rings. The predicted molar refractivity (Wildman–Crippen MR) is 105 cm³/mol. The van der Waals surface area contributed by atoms with E-state index in [4.69, 9.17) is 10.5 Å². The molecule has 6 heteroatoms. The second-order valence-corrected chi connectivity index (χ2v) is 6.76. The zero-order valence-corrected chi connectivity index (χ0v) is 16.3. The van der Waals surface area contributed by atoms with Crippen molar-refractivity contribution in [1.29, 1.82) is 0 Å². The third-order valence-electron chi connectivity index (χ3n) is 3.94. The van der Waals surface area contributed by atoms with Crippen LogP contribution in [-0.4, -0.2) is 18.4 Å². The molecule has 2 rings (SSSR count). The van der Waals surface area contributed by atoms with Gasteiger partial charge >= 0.3 is 0 Å². The van der Waals surface area contributed by atoms with Crippen molar-refractivity contribution in [3.63, 3.8) is 0 Å². The molecule has 0 atom stereocenters. The van der Waals surface area contributed by atoms with Crippen molar-refractivity contribution < 1.29 is 14.3 Å². The minimum absolute atomic E-state index is 0.0343. The number of nitrogens with two attached hydrogens (primary N) is 1. The van der Waals surface area contributed by atoms with Gasteiger partial charge in [0.1, 0.15) is 5.75 Å². The molecule has 2 aromatic rings. The van der Waals surface area contributed by atoms with Gasteiger partial charge in [-0.05, 0) is 64.2 Å². The van der Waals surface area contributed by atoms with Crippen LogP contribution in [0, 0.1) is 0 Å². The van der Waals surface area contributed by atoms with Crippen molar-refractivity contribution in [2.45, 2.75) is 32.7 Å². The van der Waals surface area contributed by atoms with Gasteiger partial charge in [-0.3, -0.25) is 9.59 Å². The molecule has 0 aliphatic carbocycles. The number of ether oxygens (including phenoxy) is 1.